The minimum absolute atomic E-state index is 0.0226. The number of nitrogens with one attached hydrogen (secondary N) is 1. The SMILES string of the molecule is COc1ccc(CN2CCNC(=O)C2CC(=O)N(C)CC2CCOCC2)cc1C. The Kier molecular flexibility index (Phi) is 7.50. The molecule has 2 amide bonds. The summed E-state index contributed by atoms with van der Waals surface area (Å²) in [6.45, 7) is 6.26. The summed E-state index contributed by atoms with van der Waals surface area (Å²) in [5, 5.41) is 2.92. The molecule has 1 aromatic carbocycles. The van der Waals surface area contributed by atoms with Gasteiger partial charge in [-0.05, 0) is 42.9 Å². The van der Waals surface area contributed by atoms with Gasteiger partial charge < -0.3 is 19.7 Å². The zero-order chi connectivity index (χ0) is 20.8. The molecule has 1 aromatic rings. The number of nitrogens with zero attached hydrogens (tertiary/aromatic N) is 2. The van der Waals surface area contributed by atoms with Gasteiger partial charge in [-0.15, -0.1) is 0 Å². The Morgan fingerprint density at radius 2 is 2.10 bits per heavy atom. The molecule has 2 fully saturated rings. The van der Waals surface area contributed by atoms with Crippen LogP contribution in [0.4, 0.5) is 0 Å². The second-order valence-corrected chi connectivity index (χ2v) is 8.12. The first-order valence-electron chi connectivity index (χ1n) is 10.4. The summed E-state index contributed by atoms with van der Waals surface area (Å²) in [6, 6.07) is 5.63. The number of rotatable bonds is 7. The van der Waals surface area contributed by atoms with Gasteiger partial charge in [0.1, 0.15) is 5.75 Å². The molecule has 1 unspecified atom stereocenters. The third-order valence-corrected chi connectivity index (χ3v) is 5.95. The topological polar surface area (TPSA) is 71.1 Å². The lowest BCUT2D eigenvalue weighted by molar-refractivity contribution is -0.138. The molecule has 7 heteroatoms. The maximum atomic E-state index is 12.8. The number of piperazine rings is 1. The van der Waals surface area contributed by atoms with Crippen LogP contribution in [0.15, 0.2) is 18.2 Å². The lowest BCUT2D eigenvalue weighted by Crippen LogP contribution is -2.56. The van der Waals surface area contributed by atoms with Gasteiger partial charge in [-0.3, -0.25) is 14.5 Å². The number of methoxy groups -OCH3 is 1. The first-order valence-corrected chi connectivity index (χ1v) is 10.4. The van der Waals surface area contributed by atoms with E-state index < -0.39 is 6.04 Å². The van der Waals surface area contributed by atoms with Crippen molar-refractivity contribution in [3.63, 3.8) is 0 Å². The van der Waals surface area contributed by atoms with E-state index in [4.69, 9.17) is 9.47 Å². The number of carbonyl (C=O) groups is 2. The summed E-state index contributed by atoms with van der Waals surface area (Å²) < 4.78 is 10.7. The highest BCUT2D eigenvalue weighted by molar-refractivity contribution is 5.88. The maximum Gasteiger partial charge on any atom is 0.237 e. The van der Waals surface area contributed by atoms with Crippen LogP contribution in [0.1, 0.15) is 30.4 Å². The van der Waals surface area contributed by atoms with Gasteiger partial charge in [0.2, 0.25) is 11.8 Å². The molecule has 0 spiro atoms. The van der Waals surface area contributed by atoms with Crippen molar-refractivity contribution in [3.8, 4) is 5.75 Å². The summed E-state index contributed by atoms with van der Waals surface area (Å²) in [6.07, 6.45) is 2.19. The molecule has 1 atom stereocenters. The Labute approximate surface area is 173 Å². The van der Waals surface area contributed by atoms with Crippen LogP contribution in [-0.2, 0) is 20.9 Å². The van der Waals surface area contributed by atoms with E-state index in [0.29, 0.717) is 19.0 Å². The fourth-order valence-electron chi connectivity index (χ4n) is 4.19. The molecular weight excluding hydrogens is 370 g/mol. The highest BCUT2D eigenvalue weighted by Crippen LogP contribution is 2.22. The number of hydrogen-bond acceptors (Lipinski definition) is 5. The molecule has 3 rings (SSSR count). The van der Waals surface area contributed by atoms with E-state index in [1.807, 2.05) is 26.1 Å². The van der Waals surface area contributed by atoms with Crippen molar-refractivity contribution in [2.24, 2.45) is 5.92 Å². The Morgan fingerprint density at radius 3 is 2.79 bits per heavy atom. The van der Waals surface area contributed by atoms with E-state index >= 15 is 0 Å². The van der Waals surface area contributed by atoms with Crippen molar-refractivity contribution in [1.29, 1.82) is 0 Å². The van der Waals surface area contributed by atoms with Crippen molar-refractivity contribution < 1.29 is 19.1 Å². The van der Waals surface area contributed by atoms with Crippen LogP contribution in [0.5, 0.6) is 5.75 Å². The van der Waals surface area contributed by atoms with Gasteiger partial charge in [0, 0.05) is 46.4 Å². The lowest BCUT2D eigenvalue weighted by atomic mass is 9.99. The summed E-state index contributed by atoms with van der Waals surface area (Å²) in [4.78, 5) is 29.3. The van der Waals surface area contributed by atoms with Gasteiger partial charge >= 0.3 is 0 Å². The predicted octanol–water partition coefficient (Wildman–Crippen LogP) is 1.58. The molecule has 29 heavy (non-hydrogen) atoms. The summed E-state index contributed by atoms with van der Waals surface area (Å²) >= 11 is 0. The molecule has 2 aliphatic rings. The average molecular weight is 404 g/mol. The molecule has 2 saturated heterocycles. The standard InChI is InChI=1S/C22H33N3O4/c1-16-12-18(4-5-20(16)28-3)15-25-9-8-23-22(27)19(25)13-21(26)24(2)14-17-6-10-29-11-7-17/h4-5,12,17,19H,6-11,13-15H2,1-3H3,(H,23,27). The third kappa shape index (κ3) is 5.70. The highest BCUT2D eigenvalue weighted by Gasteiger charge is 2.33. The normalized spacial score (nSPS) is 20.9. The van der Waals surface area contributed by atoms with Gasteiger partial charge in [0.25, 0.3) is 0 Å². The zero-order valence-electron chi connectivity index (χ0n) is 17.8. The number of ether oxygens (including phenoxy) is 2. The summed E-state index contributed by atoms with van der Waals surface area (Å²) in [5.74, 6) is 1.30. The highest BCUT2D eigenvalue weighted by atomic mass is 16.5. The zero-order valence-corrected chi connectivity index (χ0v) is 17.8. The lowest BCUT2D eigenvalue weighted by Gasteiger charge is -2.36. The summed E-state index contributed by atoms with van der Waals surface area (Å²) in [5.41, 5.74) is 2.18. The van der Waals surface area contributed by atoms with Crippen LogP contribution in [0.3, 0.4) is 0 Å². The molecule has 2 aliphatic heterocycles. The van der Waals surface area contributed by atoms with E-state index in [1.165, 1.54) is 0 Å². The van der Waals surface area contributed by atoms with Crippen LogP contribution in [0, 0.1) is 12.8 Å². The van der Waals surface area contributed by atoms with E-state index in [1.54, 1.807) is 12.0 Å². The molecule has 0 saturated carbocycles. The molecule has 7 nitrogen and oxygen atoms in total. The molecule has 0 aliphatic carbocycles. The summed E-state index contributed by atoms with van der Waals surface area (Å²) in [7, 11) is 3.51. The van der Waals surface area contributed by atoms with Crippen LogP contribution < -0.4 is 10.1 Å². The quantitative estimate of drug-likeness (QED) is 0.749. The first kappa shape index (κ1) is 21.6. The van der Waals surface area contributed by atoms with Crippen molar-refractivity contribution in [2.75, 3.05) is 47.0 Å². The maximum absolute atomic E-state index is 12.8. The van der Waals surface area contributed by atoms with E-state index in [2.05, 4.69) is 16.3 Å². The average Bonchev–Trinajstić information content (AvgIpc) is 2.71. The fourth-order valence-corrected chi connectivity index (χ4v) is 4.19. The van der Waals surface area contributed by atoms with Crippen molar-refractivity contribution in [1.82, 2.24) is 15.1 Å². The predicted molar refractivity (Wildman–Crippen MR) is 111 cm³/mol. The Hall–Kier alpha value is -2.12. The van der Waals surface area contributed by atoms with Crippen LogP contribution in [-0.4, -0.2) is 74.7 Å². The number of amides is 2. The van der Waals surface area contributed by atoms with E-state index in [-0.39, 0.29) is 18.2 Å². The van der Waals surface area contributed by atoms with Gasteiger partial charge in [-0.2, -0.15) is 0 Å². The van der Waals surface area contributed by atoms with Crippen molar-refractivity contribution in [2.45, 2.75) is 38.8 Å². The largest absolute Gasteiger partial charge is 0.496 e. The number of benzene rings is 1. The smallest absolute Gasteiger partial charge is 0.237 e. The van der Waals surface area contributed by atoms with Crippen LogP contribution >= 0.6 is 0 Å². The molecule has 0 aromatic heterocycles. The molecule has 160 valence electrons. The Balaban J connectivity index is 1.62. The molecule has 2 heterocycles. The molecule has 0 radical (unpaired) electrons. The fraction of sp³-hybridized carbons (Fsp3) is 0.636. The Bertz CT molecular complexity index is 718. The minimum Gasteiger partial charge on any atom is -0.496 e. The molecule has 0 bridgehead atoms. The second kappa shape index (κ2) is 10.1. The molecular formula is C22H33N3O4. The Morgan fingerprint density at radius 1 is 1.34 bits per heavy atom. The minimum atomic E-state index is -0.434. The van der Waals surface area contributed by atoms with Gasteiger partial charge in [0.15, 0.2) is 0 Å². The van der Waals surface area contributed by atoms with Gasteiger partial charge in [-0.1, -0.05) is 12.1 Å². The van der Waals surface area contributed by atoms with Gasteiger partial charge in [-0.25, -0.2) is 0 Å². The number of aryl methyl sites for hydroxylation is 1. The van der Waals surface area contributed by atoms with E-state index in [0.717, 1.165) is 56.0 Å². The first-order chi connectivity index (χ1) is 14.0. The van der Waals surface area contributed by atoms with Gasteiger partial charge in [0.05, 0.1) is 19.6 Å². The van der Waals surface area contributed by atoms with E-state index in [9.17, 15) is 9.59 Å². The third-order valence-electron chi connectivity index (χ3n) is 5.95. The monoisotopic (exact) mass is 403 g/mol. The van der Waals surface area contributed by atoms with Crippen molar-refractivity contribution in [3.05, 3.63) is 29.3 Å². The second-order valence-electron chi connectivity index (χ2n) is 8.12. The van der Waals surface area contributed by atoms with Crippen molar-refractivity contribution >= 4 is 11.8 Å². The van der Waals surface area contributed by atoms with Crippen LogP contribution in [0.2, 0.25) is 0 Å². The number of hydrogen-bond donors (Lipinski definition) is 1. The molecule has 1 N–H and O–H groups in total. The number of carbonyl (C=O) groups excluding carboxylic acids is 2. The van der Waals surface area contributed by atoms with Crippen LogP contribution in [0.25, 0.3) is 0 Å².